The molecule has 3 aromatic rings. The van der Waals surface area contributed by atoms with Crippen molar-refractivity contribution in [3.8, 4) is 11.4 Å². The van der Waals surface area contributed by atoms with E-state index < -0.39 is 5.82 Å². The molecule has 27 heavy (non-hydrogen) atoms. The maximum atomic E-state index is 13.7. The highest BCUT2D eigenvalue weighted by atomic mass is 19.1. The summed E-state index contributed by atoms with van der Waals surface area (Å²) >= 11 is 0. The van der Waals surface area contributed by atoms with Gasteiger partial charge in [0.05, 0.1) is 18.9 Å². The number of carbonyl (C=O) groups excluding carboxylic acids is 1. The van der Waals surface area contributed by atoms with E-state index in [0.717, 1.165) is 17.1 Å². The minimum absolute atomic E-state index is 0.157. The third-order valence-electron chi connectivity index (χ3n) is 4.25. The molecule has 0 unspecified atom stereocenters. The fourth-order valence-corrected chi connectivity index (χ4v) is 2.96. The maximum Gasteiger partial charge on any atom is 0.273 e. The van der Waals surface area contributed by atoms with Crippen molar-refractivity contribution >= 4 is 12.1 Å². The summed E-state index contributed by atoms with van der Waals surface area (Å²) in [6.45, 7) is 3.83. The summed E-state index contributed by atoms with van der Waals surface area (Å²) in [4.78, 5) is 12.5. The van der Waals surface area contributed by atoms with E-state index in [9.17, 15) is 9.18 Å². The summed E-state index contributed by atoms with van der Waals surface area (Å²) in [5.41, 5.74) is 6.31. The summed E-state index contributed by atoms with van der Waals surface area (Å²) in [7, 11) is 1.40. The third kappa shape index (κ3) is 3.89. The number of nitrogens with zero attached hydrogens (tertiary/aromatic N) is 2. The molecule has 0 fully saturated rings. The van der Waals surface area contributed by atoms with E-state index in [0.29, 0.717) is 11.1 Å². The van der Waals surface area contributed by atoms with Gasteiger partial charge in [-0.05, 0) is 55.8 Å². The van der Waals surface area contributed by atoms with Crippen LogP contribution in [0, 0.1) is 19.7 Å². The van der Waals surface area contributed by atoms with Crippen LogP contribution in [0.15, 0.2) is 59.7 Å². The first-order valence-corrected chi connectivity index (χ1v) is 8.42. The van der Waals surface area contributed by atoms with Crippen molar-refractivity contribution in [3.05, 3.63) is 82.9 Å². The second-order valence-corrected chi connectivity index (χ2v) is 6.05. The molecule has 0 saturated heterocycles. The monoisotopic (exact) mass is 365 g/mol. The van der Waals surface area contributed by atoms with Gasteiger partial charge in [0.15, 0.2) is 11.6 Å². The van der Waals surface area contributed by atoms with E-state index in [1.165, 1.54) is 25.5 Å². The molecule has 5 nitrogen and oxygen atoms in total. The Bertz CT molecular complexity index is 994. The number of amides is 1. The number of rotatable bonds is 5. The number of hydrogen-bond donors (Lipinski definition) is 1. The summed E-state index contributed by atoms with van der Waals surface area (Å²) < 4.78 is 20.6. The lowest BCUT2D eigenvalue weighted by Crippen LogP contribution is -2.18. The van der Waals surface area contributed by atoms with Crippen molar-refractivity contribution in [1.29, 1.82) is 0 Å². The predicted octanol–water partition coefficient (Wildman–Crippen LogP) is 4.01. The van der Waals surface area contributed by atoms with E-state index in [2.05, 4.69) is 10.5 Å². The van der Waals surface area contributed by atoms with Crippen LogP contribution in [0.3, 0.4) is 0 Å². The molecule has 0 aliphatic heterocycles. The summed E-state index contributed by atoms with van der Waals surface area (Å²) in [5, 5.41) is 3.93. The summed E-state index contributed by atoms with van der Waals surface area (Å²) in [6, 6.07) is 16.1. The molecule has 1 heterocycles. The van der Waals surface area contributed by atoms with Crippen LogP contribution in [0.25, 0.3) is 5.69 Å². The van der Waals surface area contributed by atoms with Gasteiger partial charge in [0.25, 0.3) is 5.91 Å². The zero-order valence-corrected chi connectivity index (χ0v) is 15.4. The second kappa shape index (κ2) is 7.86. The van der Waals surface area contributed by atoms with Crippen LogP contribution >= 0.6 is 0 Å². The topological polar surface area (TPSA) is 55.6 Å². The highest BCUT2D eigenvalue weighted by Crippen LogP contribution is 2.20. The van der Waals surface area contributed by atoms with Gasteiger partial charge in [-0.2, -0.15) is 5.10 Å². The van der Waals surface area contributed by atoms with E-state index in [1.54, 1.807) is 6.07 Å². The van der Waals surface area contributed by atoms with Crippen molar-refractivity contribution in [1.82, 2.24) is 9.99 Å². The number of ether oxygens (including phenoxy) is 1. The molecule has 0 aliphatic rings. The van der Waals surface area contributed by atoms with Gasteiger partial charge in [0.1, 0.15) is 0 Å². The number of nitrogens with one attached hydrogen (secondary N) is 1. The number of benzene rings is 2. The van der Waals surface area contributed by atoms with E-state index in [4.69, 9.17) is 4.74 Å². The first kappa shape index (κ1) is 18.4. The van der Waals surface area contributed by atoms with Crippen molar-refractivity contribution in [2.45, 2.75) is 13.8 Å². The molecule has 0 spiro atoms. The van der Waals surface area contributed by atoms with Crippen molar-refractivity contribution < 1.29 is 13.9 Å². The Morgan fingerprint density at radius 1 is 1.15 bits per heavy atom. The number of hydrazone groups is 1. The fourth-order valence-electron chi connectivity index (χ4n) is 2.96. The molecule has 2 aromatic carbocycles. The number of aryl methyl sites for hydroxylation is 1. The molecule has 0 saturated carbocycles. The Morgan fingerprint density at radius 2 is 1.89 bits per heavy atom. The van der Waals surface area contributed by atoms with Gasteiger partial charge >= 0.3 is 0 Å². The van der Waals surface area contributed by atoms with Crippen molar-refractivity contribution in [2.24, 2.45) is 5.10 Å². The Balaban J connectivity index is 1.76. The lowest BCUT2D eigenvalue weighted by atomic mass is 10.2. The lowest BCUT2D eigenvalue weighted by molar-refractivity contribution is 0.0954. The third-order valence-corrected chi connectivity index (χ3v) is 4.25. The van der Waals surface area contributed by atoms with Crippen LogP contribution in [0.1, 0.15) is 27.3 Å². The first-order chi connectivity index (χ1) is 13.0. The van der Waals surface area contributed by atoms with Gasteiger partial charge in [-0.3, -0.25) is 4.79 Å². The zero-order valence-electron chi connectivity index (χ0n) is 15.4. The Labute approximate surface area is 157 Å². The highest BCUT2D eigenvalue weighted by Gasteiger charge is 2.16. The molecule has 0 bridgehead atoms. The Hall–Kier alpha value is -3.41. The van der Waals surface area contributed by atoms with Crippen LogP contribution in [-0.4, -0.2) is 23.8 Å². The number of methoxy groups -OCH3 is 1. The molecule has 1 N–H and O–H groups in total. The molecular formula is C21H20FN3O2. The van der Waals surface area contributed by atoms with Crippen LogP contribution in [-0.2, 0) is 0 Å². The minimum Gasteiger partial charge on any atom is -0.494 e. The molecular weight excluding hydrogens is 345 g/mol. The quantitative estimate of drug-likeness (QED) is 0.549. The zero-order chi connectivity index (χ0) is 19.4. The van der Waals surface area contributed by atoms with Crippen LogP contribution in [0.5, 0.6) is 5.75 Å². The van der Waals surface area contributed by atoms with Crippen LogP contribution in [0.2, 0.25) is 0 Å². The predicted molar refractivity (Wildman–Crippen MR) is 103 cm³/mol. The normalized spacial score (nSPS) is 11.0. The van der Waals surface area contributed by atoms with E-state index in [-0.39, 0.29) is 11.7 Å². The number of carbonyl (C=O) groups is 1. The molecule has 138 valence electrons. The Kier molecular flexibility index (Phi) is 5.35. The van der Waals surface area contributed by atoms with E-state index >= 15 is 0 Å². The van der Waals surface area contributed by atoms with Gasteiger partial charge in [-0.25, -0.2) is 9.82 Å². The van der Waals surface area contributed by atoms with Crippen molar-refractivity contribution in [2.75, 3.05) is 7.11 Å². The van der Waals surface area contributed by atoms with Crippen LogP contribution < -0.4 is 10.2 Å². The standard InChI is InChI=1S/C21H20FN3O2/c1-14-11-18(15(2)25(14)17-7-5-4-6-8-17)21(26)24-23-13-16-9-10-20(27-3)19(22)12-16/h4-13H,1-3H3,(H,24,26)/b23-13-. The molecule has 1 aromatic heterocycles. The number of para-hydroxylation sites is 1. The van der Waals surface area contributed by atoms with Gasteiger partial charge in [-0.15, -0.1) is 0 Å². The number of aromatic nitrogens is 1. The van der Waals surface area contributed by atoms with Gasteiger partial charge in [0.2, 0.25) is 0 Å². The van der Waals surface area contributed by atoms with Gasteiger partial charge < -0.3 is 9.30 Å². The molecule has 0 aliphatic carbocycles. The average molecular weight is 365 g/mol. The summed E-state index contributed by atoms with van der Waals surface area (Å²) in [6.07, 6.45) is 1.39. The lowest BCUT2D eigenvalue weighted by Gasteiger charge is -2.09. The van der Waals surface area contributed by atoms with Crippen LogP contribution in [0.4, 0.5) is 4.39 Å². The Morgan fingerprint density at radius 3 is 2.56 bits per heavy atom. The molecule has 0 radical (unpaired) electrons. The van der Waals surface area contributed by atoms with E-state index in [1.807, 2.05) is 54.8 Å². The fraction of sp³-hybridized carbons (Fsp3) is 0.143. The minimum atomic E-state index is -0.487. The smallest absolute Gasteiger partial charge is 0.273 e. The average Bonchev–Trinajstić information content (AvgIpc) is 2.97. The number of hydrogen-bond acceptors (Lipinski definition) is 3. The largest absolute Gasteiger partial charge is 0.494 e. The second-order valence-electron chi connectivity index (χ2n) is 6.05. The van der Waals surface area contributed by atoms with Gasteiger partial charge in [0, 0.05) is 17.1 Å². The molecule has 3 rings (SSSR count). The molecule has 1 amide bonds. The van der Waals surface area contributed by atoms with Gasteiger partial charge in [-0.1, -0.05) is 18.2 Å². The number of halogens is 1. The molecule has 6 heteroatoms. The first-order valence-electron chi connectivity index (χ1n) is 8.42. The maximum absolute atomic E-state index is 13.7. The molecule has 0 atom stereocenters. The van der Waals surface area contributed by atoms with Crippen molar-refractivity contribution in [3.63, 3.8) is 0 Å². The summed E-state index contributed by atoms with van der Waals surface area (Å²) in [5.74, 6) is -0.653. The SMILES string of the molecule is COc1ccc(/C=N\NC(=O)c2cc(C)n(-c3ccccc3)c2C)cc1F. The highest BCUT2D eigenvalue weighted by molar-refractivity contribution is 5.96.